The Balaban J connectivity index is 2.38. The van der Waals surface area contributed by atoms with Gasteiger partial charge in [0.05, 0.1) is 18.8 Å². The summed E-state index contributed by atoms with van der Waals surface area (Å²) in [6.45, 7) is 0.914. The van der Waals surface area contributed by atoms with E-state index in [0.717, 1.165) is 5.01 Å². The van der Waals surface area contributed by atoms with Crippen LogP contribution in [-0.2, 0) is 16.6 Å². The molecule has 1 aromatic rings. The molecule has 0 atom stereocenters. The van der Waals surface area contributed by atoms with Crippen LogP contribution in [0.25, 0.3) is 0 Å². The van der Waals surface area contributed by atoms with Crippen LogP contribution < -0.4 is 10.7 Å². The number of nitrogens with two attached hydrogens (primary N) is 1. The van der Waals surface area contributed by atoms with Gasteiger partial charge in [0.2, 0.25) is 0 Å². The number of halogens is 4. The zero-order valence-electron chi connectivity index (χ0n) is 12.7. The first-order chi connectivity index (χ1) is 11.1. The minimum absolute atomic E-state index is 0.0437. The molecular formula is C13H16F4N4O2S. The average molecular weight is 368 g/mol. The summed E-state index contributed by atoms with van der Waals surface area (Å²) in [4.78, 5) is 0. The Morgan fingerprint density at radius 1 is 1.29 bits per heavy atom. The molecule has 0 aromatic heterocycles. The lowest BCUT2D eigenvalue weighted by atomic mass is 10.2. The summed E-state index contributed by atoms with van der Waals surface area (Å²) in [5.41, 5.74) is 0.586. The molecule has 6 nitrogen and oxygen atoms in total. The van der Waals surface area contributed by atoms with Crippen molar-refractivity contribution in [2.45, 2.75) is 25.4 Å². The van der Waals surface area contributed by atoms with E-state index < -0.39 is 27.9 Å². The molecule has 2 rings (SSSR count). The van der Waals surface area contributed by atoms with Crippen LogP contribution in [0.15, 0.2) is 23.3 Å². The lowest BCUT2D eigenvalue weighted by Crippen LogP contribution is -2.50. The number of hydrogen-bond acceptors (Lipinski definition) is 5. The van der Waals surface area contributed by atoms with Crippen molar-refractivity contribution >= 4 is 21.5 Å². The highest BCUT2D eigenvalue weighted by atomic mass is 32.2. The van der Waals surface area contributed by atoms with Gasteiger partial charge in [0.15, 0.2) is 0 Å². The first-order valence-corrected chi connectivity index (χ1v) is 8.48. The zero-order chi connectivity index (χ0) is 18.1. The lowest BCUT2D eigenvalue weighted by Gasteiger charge is -2.34. The first-order valence-electron chi connectivity index (χ1n) is 7.04. The van der Waals surface area contributed by atoms with Crippen molar-refractivity contribution in [1.82, 2.24) is 4.31 Å². The van der Waals surface area contributed by atoms with Gasteiger partial charge in [-0.15, -0.1) is 0 Å². The number of nitrogens with zero attached hydrogens (tertiary/aromatic N) is 3. The van der Waals surface area contributed by atoms with Gasteiger partial charge in [-0.2, -0.15) is 26.7 Å². The Kier molecular flexibility index (Phi) is 5.04. The van der Waals surface area contributed by atoms with Crippen molar-refractivity contribution in [2.75, 3.05) is 18.1 Å². The molecule has 1 aliphatic heterocycles. The number of alkyl halides is 3. The van der Waals surface area contributed by atoms with E-state index in [1.54, 1.807) is 6.07 Å². The van der Waals surface area contributed by atoms with Crippen molar-refractivity contribution in [3.63, 3.8) is 0 Å². The summed E-state index contributed by atoms with van der Waals surface area (Å²) in [6, 6.07) is 4.18. The maximum absolute atomic E-state index is 14.1. The van der Waals surface area contributed by atoms with Gasteiger partial charge in [-0.05, 0) is 17.7 Å². The van der Waals surface area contributed by atoms with Gasteiger partial charge in [-0.1, -0.05) is 13.0 Å². The molecule has 0 bridgehead atoms. The quantitative estimate of drug-likeness (QED) is 0.825. The fraction of sp³-hybridized carbons (Fsp3) is 0.462. The normalized spacial score (nSPS) is 16.3. The van der Waals surface area contributed by atoms with Gasteiger partial charge in [-0.3, -0.25) is 5.01 Å². The predicted molar refractivity (Wildman–Crippen MR) is 81.0 cm³/mol. The van der Waals surface area contributed by atoms with Gasteiger partial charge in [0.1, 0.15) is 11.7 Å². The van der Waals surface area contributed by atoms with Crippen LogP contribution >= 0.6 is 0 Å². The van der Waals surface area contributed by atoms with Crippen LogP contribution in [0.1, 0.15) is 18.9 Å². The number of hydrogen-bond donors (Lipinski definition) is 1. The second-order valence-corrected chi connectivity index (χ2v) is 6.86. The number of rotatable bonds is 4. The largest absolute Gasteiger partial charge is 0.516 e. The Bertz CT molecular complexity index is 749. The molecule has 0 radical (unpaired) electrons. The maximum Gasteiger partial charge on any atom is 0.516 e. The summed E-state index contributed by atoms with van der Waals surface area (Å²) in [6.07, 6.45) is -0.0612. The summed E-state index contributed by atoms with van der Waals surface area (Å²) < 4.78 is 75.7. The molecule has 0 spiro atoms. The summed E-state index contributed by atoms with van der Waals surface area (Å²) in [5, 5.41) is 5.02. The standard InChI is InChI=1S/C13H16F4N4O2S/c1-2-12-19-20(11-4-3-9(8-18)7-10(11)14)5-6-21(12)24(22,23)13(15,16)17/h3-4,7H,2,5-6,8,18H2,1H3. The van der Waals surface area contributed by atoms with E-state index in [-0.39, 0.29) is 35.3 Å². The van der Waals surface area contributed by atoms with E-state index in [1.807, 2.05) is 0 Å². The van der Waals surface area contributed by atoms with Gasteiger partial charge in [0, 0.05) is 13.0 Å². The van der Waals surface area contributed by atoms with Crippen molar-refractivity contribution < 1.29 is 26.0 Å². The second-order valence-electron chi connectivity index (χ2n) is 5.01. The molecule has 1 aromatic carbocycles. The van der Waals surface area contributed by atoms with Crippen LogP contribution in [0.2, 0.25) is 0 Å². The van der Waals surface area contributed by atoms with Crippen molar-refractivity contribution in [3.8, 4) is 0 Å². The van der Waals surface area contributed by atoms with Crippen LogP contribution in [0.5, 0.6) is 0 Å². The van der Waals surface area contributed by atoms with Gasteiger partial charge in [0.25, 0.3) is 0 Å². The fourth-order valence-corrected chi connectivity index (χ4v) is 3.26. The number of benzene rings is 1. The van der Waals surface area contributed by atoms with E-state index in [9.17, 15) is 26.0 Å². The molecule has 0 saturated carbocycles. The van der Waals surface area contributed by atoms with Crippen molar-refractivity contribution in [2.24, 2.45) is 10.8 Å². The number of amidine groups is 1. The molecule has 134 valence electrons. The topological polar surface area (TPSA) is 79.0 Å². The molecular weight excluding hydrogens is 352 g/mol. The van der Waals surface area contributed by atoms with E-state index >= 15 is 0 Å². The summed E-state index contributed by atoms with van der Waals surface area (Å²) >= 11 is 0. The van der Waals surface area contributed by atoms with Crippen LogP contribution in [0, 0.1) is 5.82 Å². The third kappa shape index (κ3) is 3.31. The molecule has 2 N–H and O–H groups in total. The lowest BCUT2D eigenvalue weighted by molar-refractivity contribution is -0.0473. The average Bonchev–Trinajstić information content (AvgIpc) is 2.52. The van der Waals surface area contributed by atoms with Crippen molar-refractivity contribution in [1.29, 1.82) is 0 Å². The Morgan fingerprint density at radius 2 is 1.96 bits per heavy atom. The maximum atomic E-state index is 14.1. The molecule has 0 amide bonds. The summed E-state index contributed by atoms with van der Waals surface area (Å²) in [5.74, 6) is -0.940. The minimum Gasteiger partial charge on any atom is -0.326 e. The number of hydrazone groups is 1. The highest BCUT2D eigenvalue weighted by molar-refractivity contribution is 7.90. The molecule has 1 heterocycles. The highest BCUT2D eigenvalue weighted by Crippen LogP contribution is 2.30. The van der Waals surface area contributed by atoms with Gasteiger partial charge in [-0.25, -0.2) is 8.70 Å². The van der Waals surface area contributed by atoms with E-state index in [4.69, 9.17) is 5.73 Å². The molecule has 24 heavy (non-hydrogen) atoms. The summed E-state index contributed by atoms with van der Waals surface area (Å²) in [7, 11) is -5.52. The smallest absolute Gasteiger partial charge is 0.326 e. The second kappa shape index (κ2) is 6.55. The SMILES string of the molecule is CCC1=NN(c2ccc(CN)cc2F)CCN1S(=O)(=O)C(F)(F)F. The monoisotopic (exact) mass is 368 g/mol. The van der Waals surface area contributed by atoms with E-state index in [1.165, 1.54) is 19.1 Å². The Labute approximate surface area is 136 Å². The minimum atomic E-state index is -5.52. The third-order valence-corrected chi connectivity index (χ3v) is 5.02. The Morgan fingerprint density at radius 3 is 2.46 bits per heavy atom. The number of sulfonamides is 1. The predicted octanol–water partition coefficient (Wildman–Crippen LogP) is 1.98. The number of anilines is 1. The first kappa shape index (κ1) is 18.5. The molecule has 11 heteroatoms. The van der Waals surface area contributed by atoms with E-state index in [2.05, 4.69) is 5.10 Å². The fourth-order valence-electron chi connectivity index (χ4n) is 2.25. The third-order valence-electron chi connectivity index (χ3n) is 3.46. The Hall–Kier alpha value is -1.88. The molecule has 0 aliphatic carbocycles. The zero-order valence-corrected chi connectivity index (χ0v) is 13.5. The van der Waals surface area contributed by atoms with Crippen LogP contribution in [-0.4, -0.2) is 37.2 Å². The molecule has 0 unspecified atom stereocenters. The van der Waals surface area contributed by atoms with Gasteiger partial charge < -0.3 is 5.73 Å². The van der Waals surface area contributed by atoms with Crippen LogP contribution in [0.4, 0.5) is 23.2 Å². The highest BCUT2D eigenvalue weighted by Gasteiger charge is 2.51. The molecule has 1 aliphatic rings. The van der Waals surface area contributed by atoms with Crippen LogP contribution in [0.3, 0.4) is 0 Å². The van der Waals surface area contributed by atoms with Crippen molar-refractivity contribution in [3.05, 3.63) is 29.6 Å². The molecule has 0 saturated heterocycles. The molecule has 0 fully saturated rings. The van der Waals surface area contributed by atoms with Gasteiger partial charge >= 0.3 is 15.5 Å². The van der Waals surface area contributed by atoms with E-state index in [0.29, 0.717) is 5.56 Å².